The lowest BCUT2D eigenvalue weighted by atomic mass is 10.1. The third-order valence-corrected chi connectivity index (χ3v) is 5.08. The van der Waals surface area contributed by atoms with Crippen molar-refractivity contribution in [2.45, 2.75) is 25.3 Å². The van der Waals surface area contributed by atoms with Crippen LogP contribution in [-0.2, 0) is 0 Å². The van der Waals surface area contributed by atoms with Gasteiger partial charge in [-0.25, -0.2) is 9.97 Å². The fraction of sp³-hybridized carbons (Fsp3) is 0.273. The summed E-state index contributed by atoms with van der Waals surface area (Å²) >= 11 is 0. The number of aromatic amines is 1. The number of imidazole rings is 1. The molecule has 0 bridgehead atoms. The van der Waals surface area contributed by atoms with Crippen LogP contribution in [0.1, 0.15) is 19.3 Å². The van der Waals surface area contributed by atoms with Crippen molar-refractivity contribution in [3.05, 3.63) is 49.1 Å². The van der Waals surface area contributed by atoms with E-state index in [1.807, 2.05) is 30.5 Å². The van der Waals surface area contributed by atoms with Crippen molar-refractivity contribution in [1.29, 1.82) is 0 Å². The number of benzene rings is 1. The number of aromatic nitrogens is 5. The summed E-state index contributed by atoms with van der Waals surface area (Å²) in [5.41, 5.74) is 5.45. The van der Waals surface area contributed by atoms with Crippen LogP contribution in [0, 0.1) is 0 Å². The maximum absolute atomic E-state index is 8.94. The summed E-state index contributed by atoms with van der Waals surface area (Å²) in [5, 5.41) is 19.1. The number of H-pyrrole nitrogens is 1. The molecule has 0 atom stereocenters. The van der Waals surface area contributed by atoms with Crippen LogP contribution in [0.2, 0.25) is 0 Å². The zero-order chi connectivity index (χ0) is 21.0. The molecule has 0 radical (unpaired) electrons. The lowest BCUT2D eigenvalue weighted by Gasteiger charge is -2.13. The van der Waals surface area contributed by atoms with Crippen molar-refractivity contribution in [1.82, 2.24) is 24.9 Å². The van der Waals surface area contributed by atoms with Crippen LogP contribution in [-0.4, -0.2) is 49.2 Å². The molecule has 0 amide bonds. The first-order valence-electron chi connectivity index (χ1n) is 10.4. The third kappa shape index (κ3) is 4.56. The van der Waals surface area contributed by atoms with Gasteiger partial charge in [-0.3, -0.25) is 9.97 Å². The molecule has 5 rings (SSSR count). The lowest BCUT2D eigenvalue weighted by molar-refractivity contribution is 0.292. The second kappa shape index (κ2) is 8.57. The van der Waals surface area contributed by atoms with E-state index in [1.165, 1.54) is 12.8 Å². The summed E-state index contributed by atoms with van der Waals surface area (Å²) in [6.07, 6.45) is 10.0. The van der Waals surface area contributed by atoms with Crippen molar-refractivity contribution in [3.63, 3.8) is 0 Å². The minimum atomic E-state index is 0.151. The van der Waals surface area contributed by atoms with E-state index in [2.05, 4.69) is 40.9 Å². The first kappa shape index (κ1) is 19.3. The quantitative estimate of drug-likeness (QED) is 0.263. The number of pyridine rings is 1. The molecule has 4 aromatic rings. The van der Waals surface area contributed by atoms with E-state index in [0.717, 1.165) is 39.5 Å². The van der Waals surface area contributed by atoms with E-state index in [0.29, 0.717) is 25.0 Å². The van der Waals surface area contributed by atoms with E-state index < -0.39 is 0 Å². The smallest absolute Gasteiger partial charge is 0.200 e. The molecule has 0 unspecified atom stereocenters. The highest BCUT2D eigenvalue weighted by Gasteiger charge is 2.23. The average molecular weight is 416 g/mol. The maximum Gasteiger partial charge on any atom is 0.200 e. The van der Waals surface area contributed by atoms with Crippen LogP contribution in [0.5, 0.6) is 0 Å². The van der Waals surface area contributed by atoms with Crippen molar-refractivity contribution in [2.75, 3.05) is 29.1 Å². The Hall–Kier alpha value is -3.72. The molecule has 1 saturated carbocycles. The number of hydrogen-bond donors (Lipinski definition) is 5. The Bertz CT molecular complexity index is 1190. The summed E-state index contributed by atoms with van der Waals surface area (Å²) in [7, 11) is 0. The Morgan fingerprint density at radius 1 is 1.00 bits per heavy atom. The Balaban J connectivity index is 1.39. The second-order valence-corrected chi connectivity index (χ2v) is 7.57. The predicted molar refractivity (Wildman–Crippen MR) is 121 cm³/mol. The molecule has 5 N–H and O–H groups in total. The van der Waals surface area contributed by atoms with Crippen LogP contribution < -0.4 is 16.0 Å². The Morgan fingerprint density at radius 2 is 1.87 bits per heavy atom. The van der Waals surface area contributed by atoms with Crippen molar-refractivity contribution in [2.24, 2.45) is 0 Å². The Kier molecular flexibility index (Phi) is 5.32. The molecule has 1 aromatic carbocycles. The zero-order valence-electron chi connectivity index (χ0n) is 17.0. The van der Waals surface area contributed by atoms with E-state index in [-0.39, 0.29) is 6.61 Å². The highest BCUT2D eigenvalue weighted by molar-refractivity contribution is 5.81. The van der Waals surface area contributed by atoms with Crippen LogP contribution in [0.25, 0.3) is 22.3 Å². The van der Waals surface area contributed by atoms with Gasteiger partial charge in [0.2, 0.25) is 5.95 Å². The van der Waals surface area contributed by atoms with Gasteiger partial charge >= 0.3 is 0 Å². The molecular formula is C22H24N8O. The molecule has 1 aliphatic carbocycles. The summed E-state index contributed by atoms with van der Waals surface area (Å²) in [4.78, 5) is 21.0. The number of fused-ring (bicyclic) bond motifs is 1. The van der Waals surface area contributed by atoms with Crippen molar-refractivity contribution >= 4 is 34.2 Å². The molecule has 0 saturated heterocycles. The monoisotopic (exact) mass is 416 g/mol. The average Bonchev–Trinajstić information content (AvgIpc) is 3.48. The minimum absolute atomic E-state index is 0.151. The topological polar surface area (TPSA) is 124 Å². The highest BCUT2D eigenvalue weighted by atomic mass is 16.3. The fourth-order valence-corrected chi connectivity index (χ4v) is 3.33. The molecule has 9 heteroatoms. The maximum atomic E-state index is 8.94. The van der Waals surface area contributed by atoms with Gasteiger partial charge in [0.05, 0.1) is 22.9 Å². The first-order chi connectivity index (χ1) is 15.3. The van der Waals surface area contributed by atoms with Crippen LogP contribution >= 0.6 is 0 Å². The molecule has 158 valence electrons. The van der Waals surface area contributed by atoms with Crippen LogP contribution in [0.15, 0.2) is 49.1 Å². The van der Waals surface area contributed by atoms with Gasteiger partial charge in [0.1, 0.15) is 5.82 Å². The summed E-state index contributed by atoms with van der Waals surface area (Å²) in [6, 6.07) is 8.40. The number of anilines is 4. The van der Waals surface area contributed by atoms with E-state index in [1.54, 1.807) is 18.6 Å². The van der Waals surface area contributed by atoms with Crippen molar-refractivity contribution < 1.29 is 5.11 Å². The van der Waals surface area contributed by atoms with Gasteiger partial charge in [0.25, 0.3) is 0 Å². The number of hydrogen-bond acceptors (Lipinski definition) is 8. The van der Waals surface area contributed by atoms with E-state index in [9.17, 15) is 0 Å². The SMILES string of the molecule is OCCCNc1ncc(-c2cnc(Nc3ccc4nccnc4c3)cc2NC2CC2)[nH]1. The third-order valence-electron chi connectivity index (χ3n) is 5.08. The van der Waals surface area contributed by atoms with E-state index >= 15 is 0 Å². The van der Waals surface area contributed by atoms with Crippen molar-refractivity contribution in [3.8, 4) is 11.3 Å². The van der Waals surface area contributed by atoms with Gasteiger partial charge in [0.15, 0.2) is 0 Å². The molecule has 31 heavy (non-hydrogen) atoms. The highest BCUT2D eigenvalue weighted by Crippen LogP contribution is 2.34. The van der Waals surface area contributed by atoms with Gasteiger partial charge in [0, 0.05) is 60.8 Å². The predicted octanol–water partition coefficient (Wildman–Crippen LogP) is 3.53. The fourth-order valence-electron chi connectivity index (χ4n) is 3.33. The molecule has 9 nitrogen and oxygen atoms in total. The number of nitrogens with zero attached hydrogens (tertiary/aromatic N) is 4. The molecule has 3 aromatic heterocycles. The second-order valence-electron chi connectivity index (χ2n) is 7.57. The summed E-state index contributed by atoms with van der Waals surface area (Å²) in [6.45, 7) is 0.812. The molecular weight excluding hydrogens is 392 g/mol. The number of aliphatic hydroxyl groups excluding tert-OH is 1. The molecule has 0 spiro atoms. The molecule has 1 fully saturated rings. The Morgan fingerprint density at radius 3 is 2.71 bits per heavy atom. The number of nitrogens with one attached hydrogen (secondary N) is 4. The minimum Gasteiger partial charge on any atom is -0.396 e. The van der Waals surface area contributed by atoms with E-state index in [4.69, 9.17) is 5.11 Å². The zero-order valence-corrected chi connectivity index (χ0v) is 17.0. The van der Waals surface area contributed by atoms with Gasteiger partial charge < -0.3 is 26.0 Å². The largest absolute Gasteiger partial charge is 0.396 e. The molecule has 3 heterocycles. The van der Waals surface area contributed by atoms with Gasteiger partial charge in [-0.05, 0) is 37.5 Å². The standard InChI is InChI=1S/C22H24N8O/c31-9-1-6-25-22-27-13-20(30-22)16-12-26-21(11-18(16)28-14-2-3-14)29-15-4-5-17-19(10-15)24-8-7-23-17/h4-5,7-8,10-14,31H,1-3,6,9H2,(H2,25,27,30)(H2,26,28,29). The van der Waals surface area contributed by atoms with Gasteiger partial charge in [-0.1, -0.05) is 0 Å². The first-order valence-corrected chi connectivity index (χ1v) is 10.4. The van der Waals surface area contributed by atoms with Gasteiger partial charge in [-0.15, -0.1) is 0 Å². The summed E-state index contributed by atoms with van der Waals surface area (Å²) in [5.74, 6) is 1.43. The van der Waals surface area contributed by atoms with Crippen LogP contribution in [0.4, 0.5) is 23.1 Å². The molecule has 0 aliphatic heterocycles. The number of rotatable bonds is 9. The molecule has 1 aliphatic rings. The number of aliphatic hydroxyl groups is 1. The normalized spacial score (nSPS) is 13.3. The summed E-state index contributed by atoms with van der Waals surface area (Å²) < 4.78 is 0. The lowest BCUT2D eigenvalue weighted by Crippen LogP contribution is -2.05. The van der Waals surface area contributed by atoms with Gasteiger partial charge in [-0.2, -0.15) is 0 Å². The van der Waals surface area contributed by atoms with Crippen LogP contribution in [0.3, 0.4) is 0 Å². The Labute approximate surface area is 179 Å².